The van der Waals surface area contributed by atoms with E-state index in [1.807, 2.05) is 47.4 Å². The van der Waals surface area contributed by atoms with Crippen LogP contribution in [0.15, 0.2) is 48.5 Å². The molecule has 0 bridgehead atoms. The van der Waals surface area contributed by atoms with E-state index in [2.05, 4.69) is 27.3 Å². The molecule has 0 aliphatic carbocycles. The van der Waals surface area contributed by atoms with E-state index >= 15 is 0 Å². The minimum Gasteiger partial charge on any atom is -0.365 e. The van der Waals surface area contributed by atoms with Gasteiger partial charge < -0.3 is 15.1 Å². The number of hydrogen-bond acceptors (Lipinski definition) is 5. The third-order valence-electron chi connectivity index (χ3n) is 6.42. The summed E-state index contributed by atoms with van der Waals surface area (Å²) in [6.07, 6.45) is 2.16. The van der Waals surface area contributed by atoms with Crippen LogP contribution in [0.2, 0.25) is 10.0 Å². The van der Waals surface area contributed by atoms with Crippen LogP contribution in [0, 0.1) is 0 Å². The first-order valence-corrected chi connectivity index (χ1v) is 12.0. The normalized spacial score (nSPS) is 16.3. The minimum atomic E-state index is 0.00885. The molecule has 170 valence electrons. The number of likely N-dealkylation sites (tertiary alicyclic amines) is 1. The van der Waals surface area contributed by atoms with Crippen LogP contribution >= 0.6 is 23.2 Å². The van der Waals surface area contributed by atoms with Crippen LogP contribution in [0.25, 0.3) is 11.3 Å². The summed E-state index contributed by atoms with van der Waals surface area (Å²) in [6.45, 7) is 5.36. The summed E-state index contributed by atoms with van der Waals surface area (Å²) < 4.78 is 0. The van der Waals surface area contributed by atoms with Crippen LogP contribution in [0.3, 0.4) is 0 Å². The highest BCUT2D eigenvalue weighted by Crippen LogP contribution is 2.38. The molecule has 8 heteroatoms. The Hall–Kier alpha value is -2.83. The Morgan fingerprint density at radius 1 is 1.00 bits per heavy atom. The molecule has 2 aliphatic heterocycles. The van der Waals surface area contributed by atoms with Gasteiger partial charge in [-0.05, 0) is 61.7 Å². The van der Waals surface area contributed by atoms with Crippen molar-refractivity contribution in [2.24, 2.45) is 0 Å². The highest BCUT2D eigenvalue weighted by Gasteiger charge is 2.26. The quantitative estimate of drug-likeness (QED) is 0.519. The maximum absolute atomic E-state index is 12.7. The SMILES string of the molecule is C[C@H](c1cc(Cl)ccc1Cl)N1CCNc2nnc(-c3ccc(C(=O)N4CCCC4)cc3)cc21. The van der Waals surface area contributed by atoms with Crippen molar-refractivity contribution in [1.29, 1.82) is 0 Å². The Balaban J connectivity index is 1.43. The standard InChI is InChI=1S/C25H25Cl2N5O/c1-16(20-14-19(26)8-9-21(20)27)32-13-10-28-24-23(32)15-22(29-30-24)17-4-6-18(7-5-17)25(33)31-11-2-3-12-31/h4-9,14-16H,2-3,10-13H2,1H3,(H,28,30)/t16-/m1/s1. The monoisotopic (exact) mass is 481 g/mol. The smallest absolute Gasteiger partial charge is 0.253 e. The number of halogens is 2. The number of benzene rings is 2. The van der Waals surface area contributed by atoms with Crippen molar-refractivity contribution >= 4 is 40.6 Å². The van der Waals surface area contributed by atoms with Gasteiger partial charge in [0, 0.05) is 47.4 Å². The lowest BCUT2D eigenvalue weighted by Gasteiger charge is -2.36. The Labute approximate surface area is 203 Å². The summed E-state index contributed by atoms with van der Waals surface area (Å²) in [5, 5.41) is 13.6. The third-order valence-corrected chi connectivity index (χ3v) is 7.00. The van der Waals surface area contributed by atoms with E-state index in [0.29, 0.717) is 15.6 Å². The molecule has 3 aromatic rings. The molecule has 1 N–H and O–H groups in total. The summed E-state index contributed by atoms with van der Waals surface area (Å²) in [5.41, 5.74) is 4.32. The average molecular weight is 482 g/mol. The van der Waals surface area contributed by atoms with Crippen LogP contribution in [0.1, 0.15) is 41.7 Å². The summed E-state index contributed by atoms with van der Waals surface area (Å²) in [6, 6.07) is 15.2. The van der Waals surface area contributed by atoms with E-state index in [4.69, 9.17) is 23.2 Å². The minimum absolute atomic E-state index is 0.00885. The van der Waals surface area contributed by atoms with E-state index in [0.717, 1.165) is 67.3 Å². The van der Waals surface area contributed by atoms with E-state index in [1.54, 1.807) is 6.07 Å². The van der Waals surface area contributed by atoms with Gasteiger partial charge in [-0.25, -0.2) is 0 Å². The number of fused-ring (bicyclic) bond motifs is 1. The molecule has 1 amide bonds. The second-order valence-corrected chi connectivity index (χ2v) is 9.35. The van der Waals surface area contributed by atoms with E-state index < -0.39 is 0 Å². The number of nitrogens with one attached hydrogen (secondary N) is 1. The third kappa shape index (κ3) is 4.37. The van der Waals surface area contributed by atoms with Crippen molar-refractivity contribution < 1.29 is 4.79 Å². The van der Waals surface area contributed by atoms with Gasteiger partial charge in [0.15, 0.2) is 5.82 Å². The molecule has 2 aromatic carbocycles. The number of nitrogens with zero attached hydrogens (tertiary/aromatic N) is 4. The van der Waals surface area contributed by atoms with Gasteiger partial charge in [0.1, 0.15) is 0 Å². The Kier molecular flexibility index (Phi) is 6.13. The highest BCUT2D eigenvalue weighted by molar-refractivity contribution is 6.33. The van der Waals surface area contributed by atoms with Crippen LogP contribution in [0.5, 0.6) is 0 Å². The maximum atomic E-state index is 12.7. The zero-order valence-electron chi connectivity index (χ0n) is 18.4. The lowest BCUT2D eigenvalue weighted by atomic mass is 10.0. The maximum Gasteiger partial charge on any atom is 0.253 e. The predicted molar refractivity (Wildman–Crippen MR) is 133 cm³/mol. The summed E-state index contributed by atoms with van der Waals surface area (Å²) in [4.78, 5) is 16.8. The van der Waals surface area contributed by atoms with Crippen LogP contribution in [0.4, 0.5) is 11.5 Å². The largest absolute Gasteiger partial charge is 0.365 e. The molecule has 3 heterocycles. The van der Waals surface area contributed by atoms with Crippen molar-refractivity contribution in [2.75, 3.05) is 36.4 Å². The van der Waals surface area contributed by atoms with Gasteiger partial charge in [0.25, 0.3) is 5.91 Å². The first-order chi connectivity index (χ1) is 16.0. The number of aromatic nitrogens is 2. The summed E-state index contributed by atoms with van der Waals surface area (Å²) in [7, 11) is 0. The number of carbonyl (C=O) groups excluding carboxylic acids is 1. The molecule has 2 aliphatic rings. The molecule has 1 saturated heterocycles. The van der Waals surface area contributed by atoms with Crippen molar-refractivity contribution in [3.8, 4) is 11.3 Å². The van der Waals surface area contributed by atoms with Crippen LogP contribution < -0.4 is 10.2 Å². The number of carbonyl (C=O) groups is 1. The zero-order valence-corrected chi connectivity index (χ0v) is 19.9. The van der Waals surface area contributed by atoms with Gasteiger partial charge in [-0.3, -0.25) is 4.79 Å². The lowest BCUT2D eigenvalue weighted by Crippen LogP contribution is -2.36. The topological polar surface area (TPSA) is 61.4 Å². The second-order valence-electron chi connectivity index (χ2n) is 8.50. The number of amides is 1. The molecule has 5 rings (SSSR count). The Morgan fingerprint density at radius 3 is 2.52 bits per heavy atom. The van der Waals surface area contributed by atoms with E-state index in [-0.39, 0.29) is 11.9 Å². The van der Waals surface area contributed by atoms with Gasteiger partial charge in [0.05, 0.1) is 17.4 Å². The fourth-order valence-electron chi connectivity index (χ4n) is 4.57. The first-order valence-electron chi connectivity index (χ1n) is 11.2. The fourth-order valence-corrected chi connectivity index (χ4v) is 5.03. The molecule has 0 radical (unpaired) electrons. The molecule has 6 nitrogen and oxygen atoms in total. The average Bonchev–Trinajstić information content (AvgIpc) is 3.39. The highest BCUT2D eigenvalue weighted by atomic mass is 35.5. The molecule has 0 spiro atoms. The number of rotatable bonds is 4. The fraction of sp³-hybridized carbons (Fsp3) is 0.320. The Bertz CT molecular complexity index is 1180. The summed E-state index contributed by atoms with van der Waals surface area (Å²) in [5.74, 6) is 0.842. The summed E-state index contributed by atoms with van der Waals surface area (Å²) >= 11 is 12.7. The molecule has 33 heavy (non-hydrogen) atoms. The Morgan fingerprint density at radius 2 is 1.76 bits per heavy atom. The molecular formula is C25H25Cl2N5O. The zero-order chi connectivity index (χ0) is 22.9. The van der Waals surface area contributed by atoms with Crippen molar-refractivity contribution in [1.82, 2.24) is 15.1 Å². The molecule has 1 aromatic heterocycles. The van der Waals surface area contributed by atoms with Crippen LogP contribution in [-0.4, -0.2) is 47.2 Å². The predicted octanol–water partition coefficient (Wildman–Crippen LogP) is 5.68. The van der Waals surface area contributed by atoms with Crippen LogP contribution in [-0.2, 0) is 0 Å². The van der Waals surface area contributed by atoms with E-state index in [1.165, 1.54) is 0 Å². The molecule has 1 fully saturated rings. The molecule has 1 atom stereocenters. The molecule has 0 saturated carbocycles. The van der Waals surface area contributed by atoms with Gasteiger partial charge in [-0.15, -0.1) is 10.2 Å². The van der Waals surface area contributed by atoms with Crippen molar-refractivity contribution in [2.45, 2.75) is 25.8 Å². The number of anilines is 2. The van der Waals surface area contributed by atoms with Crippen molar-refractivity contribution in [3.63, 3.8) is 0 Å². The molecular weight excluding hydrogens is 457 g/mol. The van der Waals surface area contributed by atoms with Gasteiger partial charge >= 0.3 is 0 Å². The van der Waals surface area contributed by atoms with Gasteiger partial charge in [-0.2, -0.15) is 0 Å². The van der Waals surface area contributed by atoms with E-state index in [9.17, 15) is 4.79 Å². The first kappa shape index (κ1) is 22.0. The second kappa shape index (κ2) is 9.20. The van der Waals surface area contributed by atoms with Gasteiger partial charge in [-0.1, -0.05) is 35.3 Å². The van der Waals surface area contributed by atoms with Crippen molar-refractivity contribution in [3.05, 3.63) is 69.7 Å². The van der Waals surface area contributed by atoms with Gasteiger partial charge in [0.2, 0.25) is 0 Å². The number of hydrogen-bond donors (Lipinski definition) is 1. The molecule has 0 unspecified atom stereocenters. The lowest BCUT2D eigenvalue weighted by molar-refractivity contribution is 0.0793.